The van der Waals surface area contributed by atoms with Crippen molar-refractivity contribution in [2.24, 2.45) is 5.73 Å². The molecule has 0 bridgehead atoms. The van der Waals surface area contributed by atoms with Crippen LogP contribution in [0.25, 0.3) is 0 Å². The maximum absolute atomic E-state index is 5.78. The van der Waals surface area contributed by atoms with Crippen LogP contribution < -0.4 is 5.73 Å². The molecule has 1 heterocycles. The summed E-state index contributed by atoms with van der Waals surface area (Å²) in [5.41, 5.74) is 9.09. The van der Waals surface area contributed by atoms with Crippen molar-refractivity contribution in [1.29, 1.82) is 0 Å². The molecule has 0 spiro atoms. The number of hydrogen-bond donors (Lipinski definition) is 1. The molecule has 0 aliphatic carbocycles. The van der Waals surface area contributed by atoms with Gasteiger partial charge in [0.15, 0.2) is 0 Å². The Balaban J connectivity index is 2.18. The number of nitrogens with zero attached hydrogens (tertiary/aromatic N) is 2. The van der Waals surface area contributed by atoms with Crippen molar-refractivity contribution in [3.05, 3.63) is 65.5 Å². The molecule has 0 radical (unpaired) electrons. The predicted molar refractivity (Wildman–Crippen MR) is 91.0 cm³/mol. The maximum atomic E-state index is 5.78. The van der Waals surface area contributed by atoms with Crippen molar-refractivity contribution < 1.29 is 0 Å². The highest BCUT2D eigenvalue weighted by atomic mass is 32.1. The van der Waals surface area contributed by atoms with E-state index >= 15 is 0 Å². The third-order valence-electron chi connectivity index (χ3n) is 3.47. The number of pyridine rings is 1. The lowest BCUT2D eigenvalue weighted by Crippen LogP contribution is -2.28. The zero-order valence-corrected chi connectivity index (χ0v) is 13.3. The Morgan fingerprint density at radius 3 is 2.52 bits per heavy atom. The third kappa shape index (κ3) is 4.62. The molecule has 21 heavy (non-hydrogen) atoms. The molecule has 4 heteroatoms. The molecule has 0 saturated heterocycles. The molecule has 0 aliphatic heterocycles. The van der Waals surface area contributed by atoms with E-state index in [1.54, 1.807) is 0 Å². The monoisotopic (exact) mass is 299 g/mol. The molecule has 0 aliphatic rings. The standard InChI is InChI=1S/C17H21N3S/c1-13-7-6-10-15(19-13)12-20(2)16(11-17(18)21)14-8-4-3-5-9-14/h3-10,16H,11-12H2,1-2H3,(H2,18,21). The number of aromatic nitrogens is 1. The molecule has 0 saturated carbocycles. The van der Waals surface area contributed by atoms with Crippen LogP contribution in [-0.4, -0.2) is 21.9 Å². The lowest BCUT2D eigenvalue weighted by molar-refractivity contribution is 0.239. The summed E-state index contributed by atoms with van der Waals surface area (Å²) in [6.45, 7) is 2.77. The average Bonchev–Trinajstić information content (AvgIpc) is 2.45. The van der Waals surface area contributed by atoms with Crippen molar-refractivity contribution in [1.82, 2.24) is 9.88 Å². The first kappa shape index (κ1) is 15.6. The number of nitrogens with two attached hydrogens (primary N) is 1. The maximum Gasteiger partial charge on any atom is 0.0746 e. The fraction of sp³-hybridized carbons (Fsp3) is 0.294. The summed E-state index contributed by atoms with van der Waals surface area (Å²) >= 11 is 5.11. The molecular formula is C17H21N3S. The van der Waals surface area contributed by atoms with Crippen molar-refractivity contribution in [3.8, 4) is 0 Å². The summed E-state index contributed by atoms with van der Waals surface area (Å²) in [6, 6.07) is 16.6. The van der Waals surface area contributed by atoms with Gasteiger partial charge in [-0.1, -0.05) is 48.6 Å². The number of benzene rings is 1. The minimum Gasteiger partial charge on any atom is -0.393 e. The van der Waals surface area contributed by atoms with Crippen molar-refractivity contribution in [2.45, 2.75) is 25.9 Å². The van der Waals surface area contributed by atoms with Gasteiger partial charge < -0.3 is 5.73 Å². The van der Waals surface area contributed by atoms with Crippen LogP contribution in [0.3, 0.4) is 0 Å². The van der Waals surface area contributed by atoms with Crippen LogP contribution in [0.2, 0.25) is 0 Å². The lowest BCUT2D eigenvalue weighted by Gasteiger charge is -2.28. The van der Waals surface area contributed by atoms with Crippen LogP contribution in [0.5, 0.6) is 0 Å². The van der Waals surface area contributed by atoms with Gasteiger partial charge in [-0.2, -0.15) is 0 Å². The van der Waals surface area contributed by atoms with E-state index in [-0.39, 0.29) is 6.04 Å². The van der Waals surface area contributed by atoms with Crippen LogP contribution in [-0.2, 0) is 6.54 Å². The SMILES string of the molecule is Cc1cccc(CN(C)C(CC(N)=S)c2ccccc2)n1. The zero-order chi connectivity index (χ0) is 15.2. The fourth-order valence-corrected chi connectivity index (χ4v) is 2.61. The highest BCUT2D eigenvalue weighted by Crippen LogP contribution is 2.24. The summed E-state index contributed by atoms with van der Waals surface area (Å²) in [4.78, 5) is 7.34. The number of aryl methyl sites for hydroxylation is 1. The van der Waals surface area contributed by atoms with Crippen LogP contribution in [0.4, 0.5) is 0 Å². The molecule has 1 aromatic heterocycles. The summed E-state index contributed by atoms with van der Waals surface area (Å²) in [5, 5.41) is 0. The highest BCUT2D eigenvalue weighted by Gasteiger charge is 2.18. The van der Waals surface area contributed by atoms with Crippen molar-refractivity contribution in [2.75, 3.05) is 7.05 Å². The summed E-state index contributed by atoms with van der Waals surface area (Å²) < 4.78 is 0. The third-order valence-corrected chi connectivity index (χ3v) is 3.64. The van der Waals surface area contributed by atoms with Gasteiger partial charge in [0, 0.05) is 24.7 Å². The van der Waals surface area contributed by atoms with Gasteiger partial charge in [-0.05, 0) is 31.7 Å². The van der Waals surface area contributed by atoms with E-state index in [9.17, 15) is 0 Å². The normalized spacial score (nSPS) is 12.3. The average molecular weight is 299 g/mol. The van der Waals surface area contributed by atoms with Gasteiger partial charge in [-0.15, -0.1) is 0 Å². The minimum absolute atomic E-state index is 0.172. The number of hydrogen-bond acceptors (Lipinski definition) is 3. The first-order chi connectivity index (χ1) is 10.1. The molecule has 2 rings (SSSR count). The van der Waals surface area contributed by atoms with Gasteiger partial charge in [0.2, 0.25) is 0 Å². The van der Waals surface area contributed by atoms with Crippen LogP contribution in [0.15, 0.2) is 48.5 Å². The van der Waals surface area contributed by atoms with Gasteiger partial charge in [0.25, 0.3) is 0 Å². The quantitative estimate of drug-likeness (QED) is 0.832. The van der Waals surface area contributed by atoms with E-state index in [0.29, 0.717) is 11.4 Å². The molecule has 2 N–H and O–H groups in total. The van der Waals surface area contributed by atoms with Crippen LogP contribution in [0.1, 0.15) is 29.4 Å². The van der Waals surface area contributed by atoms with E-state index in [1.165, 1.54) is 5.56 Å². The Labute approximate surface area is 131 Å². The van der Waals surface area contributed by atoms with Crippen LogP contribution >= 0.6 is 12.2 Å². The molecule has 1 unspecified atom stereocenters. The second kappa shape index (κ2) is 7.29. The van der Waals surface area contributed by atoms with Crippen molar-refractivity contribution >= 4 is 17.2 Å². The minimum atomic E-state index is 0.172. The molecule has 1 atom stereocenters. The Morgan fingerprint density at radius 2 is 1.90 bits per heavy atom. The Hall–Kier alpha value is -1.78. The fourth-order valence-electron chi connectivity index (χ4n) is 2.45. The number of rotatable bonds is 6. The Kier molecular flexibility index (Phi) is 5.42. The van der Waals surface area contributed by atoms with Gasteiger partial charge in [0.05, 0.1) is 10.7 Å². The molecule has 3 nitrogen and oxygen atoms in total. The smallest absolute Gasteiger partial charge is 0.0746 e. The summed E-state index contributed by atoms with van der Waals surface area (Å²) in [6.07, 6.45) is 0.668. The van der Waals surface area contributed by atoms with Gasteiger partial charge in [0.1, 0.15) is 0 Å². The second-order valence-corrected chi connectivity index (χ2v) is 5.81. The van der Waals surface area contributed by atoms with Gasteiger partial charge >= 0.3 is 0 Å². The van der Waals surface area contributed by atoms with Gasteiger partial charge in [-0.3, -0.25) is 9.88 Å². The number of thiocarbonyl (C=S) groups is 1. The largest absolute Gasteiger partial charge is 0.393 e. The molecule has 110 valence electrons. The summed E-state index contributed by atoms with van der Waals surface area (Å²) in [5.74, 6) is 0. The molecule has 1 aromatic carbocycles. The second-order valence-electron chi connectivity index (χ2n) is 5.28. The van der Waals surface area contributed by atoms with E-state index in [4.69, 9.17) is 18.0 Å². The van der Waals surface area contributed by atoms with Gasteiger partial charge in [-0.25, -0.2) is 0 Å². The topological polar surface area (TPSA) is 42.1 Å². The van der Waals surface area contributed by atoms with E-state index in [1.807, 2.05) is 43.3 Å². The Bertz CT molecular complexity index is 598. The predicted octanol–water partition coefficient (Wildman–Crippen LogP) is 3.24. The summed E-state index contributed by atoms with van der Waals surface area (Å²) in [7, 11) is 2.08. The molecular weight excluding hydrogens is 278 g/mol. The van der Waals surface area contributed by atoms with E-state index in [0.717, 1.165) is 17.9 Å². The van der Waals surface area contributed by atoms with E-state index in [2.05, 4.69) is 29.1 Å². The van der Waals surface area contributed by atoms with E-state index < -0.39 is 0 Å². The molecule has 0 fully saturated rings. The first-order valence-electron chi connectivity index (χ1n) is 7.02. The lowest BCUT2D eigenvalue weighted by atomic mass is 10.0. The Morgan fingerprint density at radius 1 is 1.19 bits per heavy atom. The first-order valence-corrected chi connectivity index (χ1v) is 7.43. The zero-order valence-electron chi connectivity index (χ0n) is 12.5. The van der Waals surface area contributed by atoms with Crippen molar-refractivity contribution in [3.63, 3.8) is 0 Å². The molecule has 2 aromatic rings. The molecule has 0 amide bonds. The highest BCUT2D eigenvalue weighted by molar-refractivity contribution is 7.80. The van der Waals surface area contributed by atoms with Crippen LogP contribution in [0, 0.1) is 6.92 Å².